The smallest absolute Gasteiger partial charge is 0.404 e. The first-order chi connectivity index (χ1) is 6.72. The lowest BCUT2D eigenvalue weighted by Gasteiger charge is -2.13. The molecule has 0 aliphatic rings. The lowest BCUT2D eigenvalue weighted by atomic mass is 10.1. The summed E-state index contributed by atoms with van der Waals surface area (Å²) in [6.45, 7) is -0.224. The van der Waals surface area contributed by atoms with Crippen LogP contribution in [0.2, 0.25) is 0 Å². The van der Waals surface area contributed by atoms with Gasteiger partial charge in [0.2, 0.25) is 0 Å². The number of nitrogens with two attached hydrogens (primary N) is 1. The molecule has 0 unspecified atom stereocenters. The highest BCUT2D eigenvalue weighted by molar-refractivity contribution is 5.64. The molecule has 1 rings (SSSR count). The molecule has 0 saturated carbocycles. The van der Waals surface area contributed by atoms with Gasteiger partial charge in [0, 0.05) is 6.42 Å². The summed E-state index contributed by atoms with van der Waals surface area (Å²) in [6.07, 6.45) is -0.949. The predicted octanol–water partition coefficient (Wildman–Crippen LogP) is 0.685. The van der Waals surface area contributed by atoms with Crippen molar-refractivity contribution < 1.29 is 14.6 Å². The lowest BCUT2D eigenvalue weighted by molar-refractivity contribution is 0.0639. The van der Waals surface area contributed by atoms with Crippen molar-refractivity contribution >= 4 is 6.09 Å². The Morgan fingerprint density at radius 1 is 1.43 bits per heavy atom. The zero-order chi connectivity index (χ0) is 10.4. The number of hydrogen-bond donors (Lipinski definition) is 2. The molecule has 0 aromatic heterocycles. The van der Waals surface area contributed by atoms with E-state index in [-0.39, 0.29) is 6.61 Å². The van der Waals surface area contributed by atoms with E-state index in [0.717, 1.165) is 5.56 Å². The second-order valence-corrected chi connectivity index (χ2v) is 2.93. The minimum Gasteiger partial charge on any atom is -0.444 e. The fourth-order valence-corrected chi connectivity index (χ4v) is 1.18. The van der Waals surface area contributed by atoms with Crippen LogP contribution in [0.3, 0.4) is 0 Å². The Kier molecular flexibility index (Phi) is 3.94. The van der Waals surface area contributed by atoms with Crippen molar-refractivity contribution in [2.75, 3.05) is 6.61 Å². The molecule has 1 aromatic rings. The molecule has 0 aliphatic heterocycles. The quantitative estimate of drug-likeness (QED) is 0.742. The average Bonchev–Trinajstić information content (AvgIpc) is 2.17. The highest BCUT2D eigenvalue weighted by atomic mass is 16.6. The Morgan fingerprint density at radius 3 is 2.57 bits per heavy atom. The number of rotatable bonds is 4. The summed E-state index contributed by atoms with van der Waals surface area (Å²) >= 11 is 0. The van der Waals surface area contributed by atoms with Crippen LogP contribution in [0.4, 0.5) is 4.79 Å². The number of aliphatic hydroxyl groups is 1. The molecule has 0 spiro atoms. The largest absolute Gasteiger partial charge is 0.444 e. The normalized spacial score (nSPS) is 12.1. The lowest BCUT2D eigenvalue weighted by Crippen LogP contribution is -2.27. The number of aliphatic hydroxyl groups excluding tert-OH is 1. The fourth-order valence-electron chi connectivity index (χ4n) is 1.18. The van der Waals surface area contributed by atoms with Crippen LogP contribution in [-0.2, 0) is 11.2 Å². The Balaban J connectivity index is 2.53. The van der Waals surface area contributed by atoms with E-state index >= 15 is 0 Å². The summed E-state index contributed by atoms with van der Waals surface area (Å²) in [4.78, 5) is 10.4. The van der Waals surface area contributed by atoms with Gasteiger partial charge in [0.15, 0.2) is 0 Å². The second kappa shape index (κ2) is 5.24. The molecule has 0 aliphatic carbocycles. The minimum atomic E-state index is -0.861. The first-order valence-corrected chi connectivity index (χ1v) is 4.33. The van der Waals surface area contributed by atoms with E-state index in [1.165, 1.54) is 0 Å². The van der Waals surface area contributed by atoms with Crippen LogP contribution in [0.5, 0.6) is 0 Å². The van der Waals surface area contributed by atoms with Crippen LogP contribution in [0, 0.1) is 0 Å². The van der Waals surface area contributed by atoms with Crippen molar-refractivity contribution in [3.8, 4) is 0 Å². The molecule has 76 valence electrons. The van der Waals surface area contributed by atoms with Crippen molar-refractivity contribution in [3.05, 3.63) is 35.9 Å². The Morgan fingerprint density at radius 2 is 2.07 bits per heavy atom. The molecule has 0 saturated heterocycles. The molecule has 3 N–H and O–H groups in total. The Labute approximate surface area is 82.3 Å². The van der Waals surface area contributed by atoms with Gasteiger partial charge >= 0.3 is 6.09 Å². The van der Waals surface area contributed by atoms with Gasteiger partial charge < -0.3 is 15.6 Å². The second-order valence-electron chi connectivity index (χ2n) is 2.93. The maximum atomic E-state index is 10.4. The van der Waals surface area contributed by atoms with Crippen LogP contribution in [0.1, 0.15) is 5.56 Å². The molecule has 0 bridgehead atoms. The van der Waals surface area contributed by atoms with Gasteiger partial charge in [-0.1, -0.05) is 30.3 Å². The number of carbonyl (C=O) groups is 1. The summed E-state index contributed by atoms with van der Waals surface area (Å²) in [5.74, 6) is 0. The number of benzene rings is 1. The van der Waals surface area contributed by atoms with Crippen molar-refractivity contribution in [1.29, 1.82) is 0 Å². The third-order valence-corrected chi connectivity index (χ3v) is 1.79. The van der Waals surface area contributed by atoms with Crippen LogP contribution in [-0.4, -0.2) is 23.9 Å². The molecule has 0 fully saturated rings. The Bertz CT molecular complexity index is 287. The molecule has 4 heteroatoms. The molecule has 0 radical (unpaired) electrons. The zero-order valence-electron chi connectivity index (χ0n) is 7.72. The van der Waals surface area contributed by atoms with Gasteiger partial charge in [-0.25, -0.2) is 4.79 Å². The number of amides is 1. The number of carbonyl (C=O) groups excluding carboxylic acids is 1. The van der Waals surface area contributed by atoms with Gasteiger partial charge in [-0.05, 0) is 5.56 Å². The summed E-state index contributed by atoms with van der Waals surface area (Å²) in [5, 5.41) is 8.90. The zero-order valence-corrected chi connectivity index (χ0v) is 7.72. The number of primary amides is 1. The summed E-state index contributed by atoms with van der Waals surface area (Å²) in [5.41, 5.74) is 5.84. The molecule has 14 heavy (non-hydrogen) atoms. The average molecular weight is 195 g/mol. The van der Waals surface area contributed by atoms with Gasteiger partial charge in [-0.3, -0.25) is 0 Å². The fraction of sp³-hybridized carbons (Fsp3) is 0.300. The molecular weight excluding hydrogens is 182 g/mol. The van der Waals surface area contributed by atoms with E-state index in [9.17, 15) is 4.79 Å². The van der Waals surface area contributed by atoms with Gasteiger partial charge in [0.05, 0.1) is 6.61 Å². The molecule has 0 heterocycles. The maximum Gasteiger partial charge on any atom is 0.404 e. The molecule has 1 aromatic carbocycles. The van der Waals surface area contributed by atoms with Gasteiger partial charge in [0.25, 0.3) is 0 Å². The van der Waals surface area contributed by atoms with Crippen molar-refractivity contribution in [2.24, 2.45) is 5.73 Å². The van der Waals surface area contributed by atoms with E-state index in [2.05, 4.69) is 0 Å². The monoisotopic (exact) mass is 195 g/mol. The molecule has 1 amide bonds. The summed E-state index contributed by atoms with van der Waals surface area (Å²) < 4.78 is 4.69. The van der Waals surface area contributed by atoms with E-state index < -0.39 is 12.2 Å². The number of hydrogen-bond acceptors (Lipinski definition) is 3. The minimum absolute atomic E-state index is 0.224. The van der Waals surface area contributed by atoms with E-state index in [0.29, 0.717) is 6.42 Å². The highest BCUT2D eigenvalue weighted by Gasteiger charge is 2.11. The molecule has 4 nitrogen and oxygen atoms in total. The van der Waals surface area contributed by atoms with E-state index in [4.69, 9.17) is 15.6 Å². The van der Waals surface area contributed by atoms with Crippen molar-refractivity contribution in [2.45, 2.75) is 12.5 Å². The van der Waals surface area contributed by atoms with E-state index in [1.54, 1.807) is 0 Å². The number of ether oxygens (including phenoxy) is 1. The first-order valence-electron chi connectivity index (χ1n) is 4.33. The van der Waals surface area contributed by atoms with Crippen LogP contribution < -0.4 is 5.73 Å². The summed E-state index contributed by atoms with van der Waals surface area (Å²) in [6, 6.07) is 9.45. The van der Waals surface area contributed by atoms with Crippen molar-refractivity contribution in [1.82, 2.24) is 0 Å². The van der Waals surface area contributed by atoms with Crippen LogP contribution in [0.15, 0.2) is 30.3 Å². The topological polar surface area (TPSA) is 72.6 Å². The van der Waals surface area contributed by atoms with Gasteiger partial charge in [-0.15, -0.1) is 0 Å². The third-order valence-electron chi connectivity index (χ3n) is 1.79. The molecule has 1 atom stereocenters. The Hall–Kier alpha value is -1.55. The van der Waals surface area contributed by atoms with Gasteiger partial charge in [0.1, 0.15) is 6.10 Å². The SMILES string of the molecule is NC(=O)O[C@H](CO)Cc1ccccc1. The maximum absolute atomic E-state index is 10.4. The third kappa shape index (κ3) is 3.45. The van der Waals surface area contributed by atoms with Crippen LogP contribution in [0.25, 0.3) is 0 Å². The van der Waals surface area contributed by atoms with Crippen LogP contribution >= 0.6 is 0 Å². The van der Waals surface area contributed by atoms with E-state index in [1.807, 2.05) is 30.3 Å². The van der Waals surface area contributed by atoms with Gasteiger partial charge in [-0.2, -0.15) is 0 Å². The van der Waals surface area contributed by atoms with Crippen molar-refractivity contribution in [3.63, 3.8) is 0 Å². The standard InChI is InChI=1S/C10H13NO3/c11-10(13)14-9(7-12)6-8-4-2-1-3-5-8/h1-5,9,12H,6-7H2,(H2,11,13)/t9-/m0/s1. The highest BCUT2D eigenvalue weighted by Crippen LogP contribution is 2.05. The summed E-state index contributed by atoms with van der Waals surface area (Å²) in [7, 11) is 0. The molecular formula is C10H13NO3. The first kappa shape index (κ1) is 10.5. The predicted molar refractivity (Wildman–Crippen MR) is 51.7 cm³/mol.